The lowest BCUT2D eigenvalue weighted by molar-refractivity contribution is -0.327. The van der Waals surface area contributed by atoms with Crippen molar-refractivity contribution in [3.8, 4) is 5.75 Å². The Balaban J connectivity index is 1.03. The molecule has 1 N–H and O–H groups in total. The van der Waals surface area contributed by atoms with Crippen LogP contribution in [0, 0.1) is 5.92 Å². The summed E-state index contributed by atoms with van der Waals surface area (Å²) in [4.78, 5) is 27.4. The number of anilines is 1. The topological polar surface area (TPSA) is 85.7 Å². The average Bonchev–Trinajstić information content (AvgIpc) is 3.43. The van der Waals surface area contributed by atoms with Crippen LogP contribution >= 0.6 is 11.6 Å². The molecule has 1 aromatic heterocycles. The van der Waals surface area contributed by atoms with Crippen LogP contribution < -0.4 is 15.0 Å². The monoisotopic (exact) mass is 524 g/mol. The van der Waals surface area contributed by atoms with Crippen molar-refractivity contribution in [2.24, 2.45) is 5.92 Å². The molecule has 7 rings (SSSR count). The number of carbonyl (C=O) groups excluding carboxylic acids is 2. The first kappa shape index (κ1) is 23.6. The molecule has 3 heterocycles. The number of ether oxygens (including phenoxy) is 2. The van der Waals surface area contributed by atoms with Crippen molar-refractivity contribution < 1.29 is 32.2 Å². The number of nitrogens with one attached hydrogen (secondary N) is 1. The number of hydrogen-bond acceptors (Lipinski definition) is 6. The summed E-state index contributed by atoms with van der Waals surface area (Å²) < 4.78 is 48.6. The number of Topliss-reactive ketones (excluding diaryl/α,β-unsaturated/α-hetero) is 1. The van der Waals surface area contributed by atoms with E-state index >= 15 is 0 Å². The molecule has 4 fully saturated rings. The Bertz CT molecular complexity index is 1210. The first-order valence-corrected chi connectivity index (χ1v) is 12.2. The second-order valence-corrected chi connectivity index (χ2v) is 10.8. The standard InChI is InChI=1S/C24H24ClF3N4O4/c25-15-1-2-19-17(5-15)18(33)6-20(36-19)21(34)30-22-11-23(12-22,13-22)32-9-16(7-29-32)31-4-3-14(8-31)10-35-24(26,27)28/h1-2,5,7,9,14,20H,3-4,6,8,10-13H2,(H,30,34)/t14-,20-,22?,23?/m1/s1. The number of fused-ring (bicyclic) bond motifs is 1. The Kier molecular flexibility index (Phi) is 5.31. The number of benzene rings is 1. The maximum Gasteiger partial charge on any atom is 0.522 e. The molecule has 0 spiro atoms. The van der Waals surface area contributed by atoms with Gasteiger partial charge in [-0.05, 0) is 43.9 Å². The van der Waals surface area contributed by atoms with Gasteiger partial charge in [0.2, 0.25) is 0 Å². The largest absolute Gasteiger partial charge is 0.522 e. The zero-order valence-electron chi connectivity index (χ0n) is 19.2. The molecule has 0 unspecified atom stereocenters. The first-order valence-electron chi connectivity index (χ1n) is 11.9. The fraction of sp³-hybridized carbons (Fsp3) is 0.542. The molecule has 2 aromatic rings. The van der Waals surface area contributed by atoms with E-state index < -0.39 is 12.5 Å². The van der Waals surface area contributed by atoms with Gasteiger partial charge in [-0.1, -0.05) is 11.6 Å². The summed E-state index contributed by atoms with van der Waals surface area (Å²) in [6.45, 7) is 0.806. The number of halogens is 4. The minimum atomic E-state index is -4.61. The van der Waals surface area contributed by atoms with Gasteiger partial charge in [-0.25, -0.2) is 0 Å². The number of ketones is 1. The number of hydrogen-bond donors (Lipinski definition) is 1. The lowest BCUT2D eigenvalue weighted by Crippen LogP contribution is -2.79. The average molecular weight is 525 g/mol. The number of nitrogens with zero attached hydrogens (tertiary/aromatic N) is 3. The third kappa shape index (κ3) is 4.11. The third-order valence-corrected chi connectivity index (χ3v) is 7.99. The Morgan fingerprint density at radius 2 is 2.08 bits per heavy atom. The van der Waals surface area contributed by atoms with Gasteiger partial charge in [-0.2, -0.15) is 5.10 Å². The molecule has 2 atom stereocenters. The third-order valence-electron chi connectivity index (χ3n) is 7.75. The van der Waals surface area contributed by atoms with Gasteiger partial charge in [0.25, 0.3) is 5.91 Å². The van der Waals surface area contributed by atoms with Gasteiger partial charge >= 0.3 is 6.36 Å². The van der Waals surface area contributed by atoms with Crippen molar-refractivity contribution in [2.75, 3.05) is 24.6 Å². The van der Waals surface area contributed by atoms with Gasteiger partial charge in [0.1, 0.15) is 5.75 Å². The molecule has 2 bridgehead atoms. The summed E-state index contributed by atoms with van der Waals surface area (Å²) in [5.74, 6) is -0.293. The molecule has 0 radical (unpaired) electrons. The van der Waals surface area contributed by atoms with E-state index in [2.05, 4.69) is 15.2 Å². The van der Waals surface area contributed by atoms with E-state index in [-0.39, 0.29) is 41.7 Å². The molecule has 8 nitrogen and oxygen atoms in total. The van der Waals surface area contributed by atoms with E-state index in [0.29, 0.717) is 35.8 Å². The predicted molar refractivity (Wildman–Crippen MR) is 122 cm³/mol. The highest BCUT2D eigenvalue weighted by Crippen LogP contribution is 2.65. The fourth-order valence-electron chi connectivity index (χ4n) is 6.05. The minimum absolute atomic E-state index is 0.0340. The predicted octanol–water partition coefficient (Wildman–Crippen LogP) is 3.68. The van der Waals surface area contributed by atoms with Gasteiger partial charge in [0.05, 0.1) is 36.0 Å². The Hall–Kier alpha value is -2.79. The summed E-state index contributed by atoms with van der Waals surface area (Å²) in [6.07, 6.45) is 0.957. The maximum atomic E-state index is 12.9. The van der Waals surface area contributed by atoms with E-state index in [1.54, 1.807) is 24.4 Å². The molecule has 1 amide bonds. The summed E-state index contributed by atoms with van der Waals surface area (Å²) in [5.41, 5.74) is 0.767. The van der Waals surface area contributed by atoms with Crippen LogP contribution in [0.4, 0.5) is 18.9 Å². The van der Waals surface area contributed by atoms with Gasteiger partial charge in [-0.15, -0.1) is 13.2 Å². The van der Waals surface area contributed by atoms with Gasteiger partial charge in [0.15, 0.2) is 11.9 Å². The Morgan fingerprint density at radius 3 is 2.83 bits per heavy atom. The molecular formula is C24H24ClF3N4O4. The Morgan fingerprint density at radius 1 is 1.31 bits per heavy atom. The molecule has 2 aliphatic heterocycles. The first-order chi connectivity index (χ1) is 17.0. The summed E-state index contributed by atoms with van der Waals surface area (Å²) in [7, 11) is 0. The van der Waals surface area contributed by atoms with Crippen molar-refractivity contribution >= 4 is 29.0 Å². The highest BCUT2D eigenvalue weighted by molar-refractivity contribution is 6.31. The quantitative estimate of drug-likeness (QED) is 0.620. The highest BCUT2D eigenvalue weighted by Gasteiger charge is 2.70. The van der Waals surface area contributed by atoms with Crippen molar-refractivity contribution in [3.63, 3.8) is 0 Å². The van der Waals surface area contributed by atoms with Crippen LogP contribution in [-0.4, -0.2) is 59.2 Å². The maximum absolute atomic E-state index is 12.9. The second kappa shape index (κ2) is 8.11. The SMILES string of the molecule is O=C1C[C@H](C(=O)NC23CC(n4cc(N5CC[C@@H](COC(F)(F)F)C5)cn4)(C2)C3)Oc2ccc(Cl)cc21. The van der Waals surface area contributed by atoms with E-state index in [9.17, 15) is 22.8 Å². The zero-order chi connectivity index (χ0) is 25.3. The van der Waals surface area contributed by atoms with Crippen LogP contribution in [-0.2, 0) is 15.1 Å². The summed E-state index contributed by atoms with van der Waals surface area (Å²) in [6, 6.07) is 4.78. The molecule has 3 aliphatic carbocycles. The number of amides is 1. The number of carbonyl (C=O) groups is 2. The van der Waals surface area contributed by atoms with Crippen LogP contribution in [0.25, 0.3) is 0 Å². The van der Waals surface area contributed by atoms with Gasteiger partial charge in [0, 0.05) is 35.8 Å². The molecule has 36 heavy (non-hydrogen) atoms. The van der Waals surface area contributed by atoms with Crippen LogP contribution in [0.1, 0.15) is 42.5 Å². The van der Waals surface area contributed by atoms with Crippen LogP contribution in [0.2, 0.25) is 5.02 Å². The smallest absolute Gasteiger partial charge is 0.479 e. The van der Waals surface area contributed by atoms with Crippen LogP contribution in [0.5, 0.6) is 5.75 Å². The Labute approximate surface area is 209 Å². The second-order valence-electron chi connectivity index (χ2n) is 10.4. The lowest BCUT2D eigenvalue weighted by atomic mass is 9.44. The molecule has 3 saturated carbocycles. The highest BCUT2D eigenvalue weighted by atomic mass is 35.5. The van der Waals surface area contributed by atoms with Crippen molar-refractivity contribution in [3.05, 3.63) is 41.2 Å². The number of aromatic nitrogens is 2. The van der Waals surface area contributed by atoms with E-state index in [0.717, 1.165) is 24.9 Å². The zero-order valence-corrected chi connectivity index (χ0v) is 19.9. The van der Waals surface area contributed by atoms with Crippen LogP contribution in [0.3, 0.4) is 0 Å². The molecule has 1 saturated heterocycles. The van der Waals surface area contributed by atoms with E-state index in [1.165, 1.54) is 0 Å². The number of alkyl halides is 3. The lowest BCUT2D eigenvalue weighted by Gasteiger charge is -2.70. The van der Waals surface area contributed by atoms with Crippen LogP contribution in [0.15, 0.2) is 30.6 Å². The number of rotatable bonds is 6. The summed E-state index contributed by atoms with van der Waals surface area (Å²) >= 11 is 5.96. The van der Waals surface area contributed by atoms with Crippen molar-refractivity contribution in [2.45, 2.75) is 55.6 Å². The minimum Gasteiger partial charge on any atom is -0.479 e. The van der Waals surface area contributed by atoms with Gasteiger partial charge < -0.3 is 15.0 Å². The molecule has 5 aliphatic rings. The fourth-order valence-corrected chi connectivity index (χ4v) is 6.22. The van der Waals surface area contributed by atoms with E-state index in [4.69, 9.17) is 16.3 Å². The normalized spacial score (nSPS) is 30.8. The summed E-state index contributed by atoms with van der Waals surface area (Å²) in [5, 5.41) is 8.04. The van der Waals surface area contributed by atoms with Crippen molar-refractivity contribution in [1.82, 2.24) is 15.1 Å². The van der Waals surface area contributed by atoms with Crippen molar-refractivity contribution in [1.29, 1.82) is 0 Å². The molecule has 192 valence electrons. The molecular weight excluding hydrogens is 501 g/mol. The molecule has 12 heteroatoms. The molecule has 1 aromatic carbocycles. The van der Waals surface area contributed by atoms with Gasteiger partial charge in [-0.3, -0.25) is 19.0 Å². The van der Waals surface area contributed by atoms with E-state index in [1.807, 2.05) is 15.8 Å².